The van der Waals surface area contributed by atoms with E-state index < -0.39 is 6.09 Å². The lowest BCUT2D eigenvalue weighted by Gasteiger charge is -2.16. The highest BCUT2D eigenvalue weighted by Crippen LogP contribution is 2.14. The van der Waals surface area contributed by atoms with Crippen molar-refractivity contribution in [3.63, 3.8) is 0 Å². The van der Waals surface area contributed by atoms with E-state index in [0.29, 0.717) is 17.2 Å². The van der Waals surface area contributed by atoms with E-state index in [2.05, 4.69) is 19.8 Å². The molecule has 0 bridgehead atoms. The second kappa shape index (κ2) is 7.36. The van der Waals surface area contributed by atoms with Crippen LogP contribution >= 0.6 is 0 Å². The van der Waals surface area contributed by atoms with Crippen LogP contribution in [0.15, 0.2) is 35.8 Å². The molecule has 0 saturated heterocycles. The van der Waals surface area contributed by atoms with Crippen LogP contribution in [0.25, 0.3) is 0 Å². The van der Waals surface area contributed by atoms with Gasteiger partial charge in [-0.2, -0.15) is 5.10 Å². The predicted molar refractivity (Wildman–Crippen MR) is 87.9 cm³/mol. The molecule has 2 aromatic heterocycles. The lowest BCUT2D eigenvalue weighted by molar-refractivity contribution is 0.0985. The number of anilines is 1. The molecule has 9 nitrogen and oxygen atoms in total. The maximum atomic E-state index is 12.6. The SMILES string of the molecule is COC(=O)N(C)/N=C/c1ncc(C(=O)N(C)c2cccnc2)n1C. The molecule has 0 radical (unpaired) electrons. The molecule has 0 unspecified atom stereocenters. The number of hydrogen-bond acceptors (Lipinski definition) is 6. The minimum atomic E-state index is -0.604. The molecule has 0 aliphatic carbocycles. The summed E-state index contributed by atoms with van der Waals surface area (Å²) in [5.41, 5.74) is 1.05. The molecule has 2 heterocycles. The van der Waals surface area contributed by atoms with E-state index in [0.717, 1.165) is 5.01 Å². The van der Waals surface area contributed by atoms with Crippen LogP contribution in [-0.4, -0.2) is 59.0 Å². The van der Waals surface area contributed by atoms with Crippen LogP contribution in [-0.2, 0) is 11.8 Å². The molecule has 9 heteroatoms. The van der Waals surface area contributed by atoms with E-state index in [9.17, 15) is 9.59 Å². The van der Waals surface area contributed by atoms with Crippen molar-refractivity contribution in [2.24, 2.45) is 12.1 Å². The van der Waals surface area contributed by atoms with Gasteiger partial charge in [0.1, 0.15) is 5.69 Å². The van der Waals surface area contributed by atoms with Crippen LogP contribution in [0.3, 0.4) is 0 Å². The van der Waals surface area contributed by atoms with Gasteiger partial charge in [0.2, 0.25) is 0 Å². The van der Waals surface area contributed by atoms with E-state index in [-0.39, 0.29) is 5.91 Å². The molecule has 24 heavy (non-hydrogen) atoms. The summed E-state index contributed by atoms with van der Waals surface area (Å²) in [4.78, 5) is 33.5. The molecule has 2 rings (SSSR count). The molecule has 0 aliphatic rings. The van der Waals surface area contributed by atoms with Crippen molar-refractivity contribution >= 4 is 23.9 Å². The van der Waals surface area contributed by atoms with Gasteiger partial charge in [0, 0.05) is 27.3 Å². The fourth-order valence-corrected chi connectivity index (χ4v) is 1.90. The highest BCUT2D eigenvalue weighted by Gasteiger charge is 2.18. The van der Waals surface area contributed by atoms with Gasteiger partial charge in [-0.1, -0.05) is 0 Å². The third-order valence-electron chi connectivity index (χ3n) is 3.37. The Bertz CT molecular complexity index is 756. The third kappa shape index (κ3) is 3.57. The Kier molecular flexibility index (Phi) is 5.25. The molecule has 0 saturated carbocycles. The Morgan fingerprint density at radius 3 is 2.71 bits per heavy atom. The van der Waals surface area contributed by atoms with Crippen molar-refractivity contribution < 1.29 is 14.3 Å². The van der Waals surface area contributed by atoms with Gasteiger partial charge in [-0.3, -0.25) is 9.78 Å². The highest BCUT2D eigenvalue weighted by atomic mass is 16.5. The Morgan fingerprint density at radius 2 is 2.08 bits per heavy atom. The number of ether oxygens (including phenoxy) is 1. The van der Waals surface area contributed by atoms with Gasteiger partial charge in [0.25, 0.3) is 5.91 Å². The molecule has 0 fully saturated rings. The molecule has 0 aliphatic heterocycles. The summed E-state index contributed by atoms with van der Waals surface area (Å²) in [6, 6.07) is 3.54. The van der Waals surface area contributed by atoms with Gasteiger partial charge in [0.05, 0.1) is 31.4 Å². The number of rotatable bonds is 4. The van der Waals surface area contributed by atoms with Crippen LogP contribution in [0.5, 0.6) is 0 Å². The first kappa shape index (κ1) is 17.1. The monoisotopic (exact) mass is 330 g/mol. The predicted octanol–water partition coefficient (Wildman–Crippen LogP) is 1.12. The summed E-state index contributed by atoms with van der Waals surface area (Å²) >= 11 is 0. The summed E-state index contributed by atoms with van der Waals surface area (Å²) in [5, 5.41) is 4.94. The average Bonchev–Trinajstić information content (AvgIpc) is 2.98. The van der Waals surface area contributed by atoms with Crippen molar-refractivity contribution in [3.05, 3.63) is 42.2 Å². The number of hydrazone groups is 1. The van der Waals surface area contributed by atoms with Crippen molar-refractivity contribution in [1.29, 1.82) is 0 Å². The minimum Gasteiger partial charge on any atom is -0.451 e. The Balaban J connectivity index is 2.19. The van der Waals surface area contributed by atoms with Crippen LogP contribution in [0, 0.1) is 0 Å². The van der Waals surface area contributed by atoms with Gasteiger partial charge in [0.15, 0.2) is 5.82 Å². The fourth-order valence-electron chi connectivity index (χ4n) is 1.90. The Labute approximate surface area is 139 Å². The lowest BCUT2D eigenvalue weighted by Crippen LogP contribution is -2.28. The van der Waals surface area contributed by atoms with Crippen LogP contribution in [0.4, 0.5) is 10.5 Å². The number of amides is 2. The summed E-state index contributed by atoms with van der Waals surface area (Å²) in [7, 11) is 6.07. The molecule has 0 N–H and O–H groups in total. The molecule has 0 spiro atoms. The number of pyridine rings is 1. The van der Waals surface area contributed by atoms with E-state index >= 15 is 0 Å². The van der Waals surface area contributed by atoms with Crippen LogP contribution < -0.4 is 4.90 Å². The minimum absolute atomic E-state index is 0.237. The number of imidazole rings is 1. The van der Waals surface area contributed by atoms with Gasteiger partial charge < -0.3 is 14.2 Å². The fraction of sp³-hybridized carbons (Fsp3) is 0.267. The van der Waals surface area contributed by atoms with E-state index in [1.165, 1.54) is 31.5 Å². The molecular formula is C15H18N6O3. The van der Waals surface area contributed by atoms with Gasteiger partial charge in [-0.05, 0) is 12.1 Å². The summed E-state index contributed by atoms with van der Waals surface area (Å²) in [6.45, 7) is 0. The van der Waals surface area contributed by atoms with Gasteiger partial charge in [-0.25, -0.2) is 14.8 Å². The number of nitrogens with zero attached hydrogens (tertiary/aromatic N) is 6. The summed E-state index contributed by atoms with van der Waals surface area (Å²) in [6.07, 6.45) is 5.46. The van der Waals surface area contributed by atoms with Gasteiger partial charge >= 0.3 is 6.09 Å². The summed E-state index contributed by atoms with van der Waals surface area (Å²) < 4.78 is 6.12. The van der Waals surface area contributed by atoms with E-state index in [1.54, 1.807) is 43.2 Å². The smallest absolute Gasteiger partial charge is 0.429 e. The zero-order chi connectivity index (χ0) is 17.7. The molecule has 2 aromatic rings. The maximum Gasteiger partial charge on any atom is 0.429 e. The largest absolute Gasteiger partial charge is 0.451 e. The lowest BCUT2D eigenvalue weighted by atomic mass is 10.3. The molecule has 0 atom stereocenters. The second-order valence-corrected chi connectivity index (χ2v) is 4.87. The van der Waals surface area contributed by atoms with E-state index in [4.69, 9.17) is 0 Å². The standard InChI is InChI=1S/C15H18N6O3/c1-19(11-6-5-7-16-8-11)14(22)12-9-17-13(20(12)2)10-18-21(3)15(23)24-4/h5-10H,1-4H3/b18-10+. The molecule has 126 valence electrons. The number of hydrogen-bond donors (Lipinski definition) is 0. The number of carbonyl (C=O) groups excluding carboxylic acids is 2. The van der Waals surface area contributed by atoms with E-state index in [1.807, 2.05) is 0 Å². The Hall–Kier alpha value is -3.23. The van der Waals surface area contributed by atoms with Crippen molar-refractivity contribution in [1.82, 2.24) is 19.5 Å². The maximum absolute atomic E-state index is 12.6. The first-order valence-electron chi connectivity index (χ1n) is 7.01. The quantitative estimate of drug-likeness (QED) is 0.619. The topological polar surface area (TPSA) is 92.9 Å². The number of aromatic nitrogens is 3. The molecular weight excluding hydrogens is 312 g/mol. The third-order valence-corrected chi connectivity index (χ3v) is 3.37. The van der Waals surface area contributed by atoms with Crippen molar-refractivity contribution in [2.45, 2.75) is 0 Å². The zero-order valence-electron chi connectivity index (χ0n) is 13.9. The Morgan fingerprint density at radius 1 is 1.33 bits per heavy atom. The van der Waals surface area contributed by atoms with Crippen molar-refractivity contribution in [2.75, 3.05) is 26.1 Å². The molecule has 0 aromatic carbocycles. The number of carbonyl (C=O) groups is 2. The molecule has 2 amide bonds. The first-order valence-corrected chi connectivity index (χ1v) is 7.01. The van der Waals surface area contributed by atoms with Gasteiger partial charge in [-0.15, -0.1) is 0 Å². The van der Waals surface area contributed by atoms with Crippen molar-refractivity contribution in [3.8, 4) is 0 Å². The summed E-state index contributed by atoms with van der Waals surface area (Å²) in [5.74, 6) is 0.188. The van der Waals surface area contributed by atoms with Crippen LogP contribution in [0.1, 0.15) is 16.3 Å². The average molecular weight is 330 g/mol. The normalized spacial score (nSPS) is 10.7. The van der Waals surface area contributed by atoms with Crippen LogP contribution in [0.2, 0.25) is 0 Å². The second-order valence-electron chi connectivity index (χ2n) is 4.87. The first-order chi connectivity index (χ1) is 11.5. The zero-order valence-corrected chi connectivity index (χ0v) is 13.9. The number of methoxy groups -OCH3 is 1. The highest BCUT2D eigenvalue weighted by molar-refractivity contribution is 6.04.